The van der Waals surface area contributed by atoms with E-state index in [0.717, 1.165) is 51.1 Å². The van der Waals surface area contributed by atoms with Gasteiger partial charge in [0.2, 0.25) is 5.95 Å². The summed E-state index contributed by atoms with van der Waals surface area (Å²) >= 11 is 0. The maximum absolute atomic E-state index is 11.4. The molecule has 0 bridgehead atoms. The quantitative estimate of drug-likeness (QED) is 0.458. The van der Waals surface area contributed by atoms with Crippen molar-refractivity contribution < 1.29 is 10.0 Å². The number of aromatic nitrogens is 4. The van der Waals surface area contributed by atoms with Crippen LogP contribution in [-0.4, -0.2) is 61.7 Å². The SMILES string of the molecule is Cl.Cn1cc(CN2CCC3(CCN(c4ncc(C(=O)NO)cn4)CC3)C2)c2ncccc21. The van der Waals surface area contributed by atoms with E-state index in [1.54, 1.807) is 5.48 Å². The maximum atomic E-state index is 11.4. The number of halogens is 1. The maximum Gasteiger partial charge on any atom is 0.277 e. The molecule has 0 unspecified atom stereocenters. The minimum Gasteiger partial charge on any atom is -0.349 e. The normalized spacial score (nSPS) is 18.1. The third-order valence-electron chi connectivity index (χ3n) is 6.84. The van der Waals surface area contributed by atoms with Gasteiger partial charge < -0.3 is 9.47 Å². The molecule has 1 amide bonds. The number of likely N-dealkylation sites (tertiary alicyclic amines) is 1. The number of hydroxylamine groups is 1. The lowest BCUT2D eigenvalue weighted by molar-refractivity contribution is 0.0705. The predicted octanol–water partition coefficient (Wildman–Crippen LogP) is 2.40. The Morgan fingerprint density at radius 2 is 1.88 bits per heavy atom. The second kappa shape index (κ2) is 9.01. The average Bonchev–Trinajstić information content (AvgIpc) is 3.35. The van der Waals surface area contributed by atoms with Gasteiger partial charge in [0.05, 0.1) is 16.6 Å². The molecule has 2 saturated heterocycles. The zero-order valence-corrected chi connectivity index (χ0v) is 18.9. The molecule has 2 aliphatic rings. The van der Waals surface area contributed by atoms with E-state index in [2.05, 4.69) is 48.6 Å². The van der Waals surface area contributed by atoms with Gasteiger partial charge in [-0.2, -0.15) is 0 Å². The molecule has 0 atom stereocenters. The molecule has 32 heavy (non-hydrogen) atoms. The molecule has 0 saturated carbocycles. The first-order chi connectivity index (χ1) is 15.1. The molecular weight excluding hydrogens is 430 g/mol. The average molecular weight is 458 g/mol. The van der Waals surface area contributed by atoms with Crippen molar-refractivity contribution in [3.8, 4) is 0 Å². The monoisotopic (exact) mass is 457 g/mol. The molecule has 2 fully saturated rings. The van der Waals surface area contributed by atoms with Crippen LogP contribution in [0, 0.1) is 5.41 Å². The second-order valence-electron chi connectivity index (χ2n) is 8.80. The number of hydrogen-bond donors (Lipinski definition) is 2. The Labute approximate surface area is 192 Å². The molecule has 1 spiro atoms. The van der Waals surface area contributed by atoms with Crippen molar-refractivity contribution in [2.75, 3.05) is 31.1 Å². The van der Waals surface area contributed by atoms with Crippen molar-refractivity contribution in [1.29, 1.82) is 0 Å². The number of amides is 1. The Morgan fingerprint density at radius 3 is 2.59 bits per heavy atom. The van der Waals surface area contributed by atoms with Gasteiger partial charge in [-0.1, -0.05) is 0 Å². The summed E-state index contributed by atoms with van der Waals surface area (Å²) < 4.78 is 2.16. The summed E-state index contributed by atoms with van der Waals surface area (Å²) in [6.45, 7) is 4.99. The number of fused-ring (bicyclic) bond motifs is 1. The van der Waals surface area contributed by atoms with Crippen LogP contribution in [0.3, 0.4) is 0 Å². The highest BCUT2D eigenvalue weighted by molar-refractivity contribution is 5.92. The molecule has 3 aromatic heterocycles. The summed E-state index contributed by atoms with van der Waals surface area (Å²) in [5.74, 6) is 0.0395. The van der Waals surface area contributed by atoms with Crippen LogP contribution in [0.5, 0.6) is 0 Å². The van der Waals surface area contributed by atoms with Crippen molar-refractivity contribution in [2.45, 2.75) is 25.8 Å². The summed E-state index contributed by atoms with van der Waals surface area (Å²) in [7, 11) is 2.08. The van der Waals surface area contributed by atoms with Crippen molar-refractivity contribution >= 4 is 35.3 Å². The van der Waals surface area contributed by atoms with Gasteiger partial charge in [-0.25, -0.2) is 15.4 Å². The highest BCUT2D eigenvalue weighted by Crippen LogP contribution is 2.41. The molecule has 0 aromatic carbocycles. The van der Waals surface area contributed by atoms with Gasteiger partial charge in [-0.15, -0.1) is 12.4 Å². The standard InChI is InChI=1S/C22H27N7O2.ClH/c1-27-13-17(19-18(27)3-2-7-23-19)14-28-8-4-22(15-28)5-9-29(10-6-22)21-24-11-16(12-25-21)20(30)26-31;/h2-3,7,11-13,31H,4-6,8-10,14-15H2,1H3,(H,26,30);1H. The highest BCUT2D eigenvalue weighted by atomic mass is 35.5. The van der Waals surface area contributed by atoms with Crippen LogP contribution < -0.4 is 10.4 Å². The number of nitrogens with one attached hydrogen (secondary N) is 1. The third kappa shape index (κ3) is 4.15. The summed E-state index contributed by atoms with van der Waals surface area (Å²) in [4.78, 5) is 29.4. The topological polar surface area (TPSA) is 99.4 Å². The van der Waals surface area contributed by atoms with Gasteiger partial charge in [0.15, 0.2) is 0 Å². The van der Waals surface area contributed by atoms with E-state index in [1.807, 2.05) is 12.3 Å². The fourth-order valence-electron chi connectivity index (χ4n) is 5.07. The number of anilines is 1. The van der Waals surface area contributed by atoms with Crippen LogP contribution in [0.1, 0.15) is 35.2 Å². The van der Waals surface area contributed by atoms with Crippen LogP contribution in [0.2, 0.25) is 0 Å². The Morgan fingerprint density at radius 1 is 1.16 bits per heavy atom. The molecular formula is C22H28ClN7O2. The lowest BCUT2D eigenvalue weighted by Crippen LogP contribution is -2.42. The number of pyridine rings is 1. The van der Waals surface area contributed by atoms with Gasteiger partial charge in [0.1, 0.15) is 0 Å². The molecule has 9 nitrogen and oxygen atoms in total. The molecule has 5 rings (SSSR count). The zero-order chi connectivity index (χ0) is 21.4. The first kappa shape index (κ1) is 22.4. The Balaban J connectivity index is 0.00000245. The second-order valence-corrected chi connectivity index (χ2v) is 8.80. The van der Waals surface area contributed by atoms with Crippen LogP contribution in [-0.2, 0) is 13.6 Å². The number of hydrogen-bond acceptors (Lipinski definition) is 7. The fraction of sp³-hybridized carbons (Fsp3) is 0.455. The van der Waals surface area contributed by atoms with E-state index in [4.69, 9.17) is 5.21 Å². The molecule has 3 aromatic rings. The summed E-state index contributed by atoms with van der Waals surface area (Å²) in [5.41, 5.74) is 5.79. The number of piperidine rings is 1. The summed E-state index contributed by atoms with van der Waals surface area (Å²) in [6.07, 6.45) is 10.4. The van der Waals surface area contributed by atoms with Gasteiger partial charge >= 0.3 is 0 Å². The van der Waals surface area contributed by atoms with Crippen LogP contribution in [0.25, 0.3) is 11.0 Å². The predicted molar refractivity (Wildman–Crippen MR) is 123 cm³/mol. The van der Waals surface area contributed by atoms with E-state index in [0.29, 0.717) is 11.4 Å². The van der Waals surface area contributed by atoms with Crippen molar-refractivity contribution in [2.24, 2.45) is 12.5 Å². The van der Waals surface area contributed by atoms with E-state index in [9.17, 15) is 4.79 Å². The van der Waals surface area contributed by atoms with Crippen LogP contribution in [0.15, 0.2) is 36.9 Å². The number of carbonyl (C=O) groups excluding carboxylic acids is 1. The molecule has 2 N–H and O–H groups in total. The van der Waals surface area contributed by atoms with Gasteiger partial charge in [-0.3, -0.25) is 19.9 Å². The van der Waals surface area contributed by atoms with E-state index < -0.39 is 5.91 Å². The molecule has 2 aliphatic heterocycles. The fourth-order valence-corrected chi connectivity index (χ4v) is 5.07. The largest absolute Gasteiger partial charge is 0.349 e. The van der Waals surface area contributed by atoms with E-state index in [1.165, 1.54) is 29.9 Å². The first-order valence-corrected chi connectivity index (χ1v) is 10.7. The first-order valence-electron chi connectivity index (χ1n) is 10.7. The lowest BCUT2D eigenvalue weighted by atomic mass is 9.78. The highest BCUT2D eigenvalue weighted by Gasteiger charge is 2.41. The minimum absolute atomic E-state index is 0. The lowest BCUT2D eigenvalue weighted by Gasteiger charge is -2.39. The van der Waals surface area contributed by atoms with Gasteiger partial charge in [-0.05, 0) is 43.4 Å². The van der Waals surface area contributed by atoms with Crippen molar-refractivity contribution in [1.82, 2.24) is 29.9 Å². The van der Waals surface area contributed by atoms with Crippen molar-refractivity contribution in [3.05, 3.63) is 48.0 Å². The molecule has 170 valence electrons. The Bertz CT molecular complexity index is 1090. The molecule has 5 heterocycles. The van der Waals surface area contributed by atoms with Crippen LogP contribution in [0.4, 0.5) is 5.95 Å². The number of nitrogens with zero attached hydrogens (tertiary/aromatic N) is 6. The Hall–Kier alpha value is -2.75. The number of carbonyl (C=O) groups is 1. The third-order valence-corrected chi connectivity index (χ3v) is 6.84. The van der Waals surface area contributed by atoms with Gasteiger partial charge in [0.25, 0.3) is 5.91 Å². The summed E-state index contributed by atoms with van der Waals surface area (Å²) in [6, 6.07) is 4.11. The van der Waals surface area contributed by atoms with Gasteiger partial charge in [0, 0.05) is 63.6 Å². The smallest absolute Gasteiger partial charge is 0.277 e. The molecule has 0 aliphatic carbocycles. The number of rotatable bonds is 4. The van der Waals surface area contributed by atoms with E-state index in [-0.39, 0.29) is 18.0 Å². The number of aryl methyl sites for hydroxylation is 1. The Kier molecular flexibility index (Phi) is 6.32. The summed E-state index contributed by atoms with van der Waals surface area (Å²) in [5, 5.41) is 8.72. The van der Waals surface area contributed by atoms with Crippen molar-refractivity contribution in [3.63, 3.8) is 0 Å². The van der Waals surface area contributed by atoms with E-state index >= 15 is 0 Å². The van der Waals surface area contributed by atoms with Crippen LogP contribution >= 0.6 is 12.4 Å². The molecule has 10 heteroatoms. The zero-order valence-electron chi connectivity index (χ0n) is 18.1. The molecule has 0 radical (unpaired) electrons. The minimum atomic E-state index is -0.600.